The lowest BCUT2D eigenvalue weighted by atomic mass is 10.1. The molecule has 1 aliphatic rings. The van der Waals surface area contributed by atoms with Crippen LogP contribution in [0.25, 0.3) is 0 Å². The van der Waals surface area contributed by atoms with Gasteiger partial charge in [0.15, 0.2) is 0 Å². The number of rotatable bonds is 3. The van der Waals surface area contributed by atoms with Crippen LogP contribution in [-0.2, 0) is 23.9 Å². The topological polar surface area (TPSA) is 90.0 Å². The number of hydrogen-bond donors (Lipinski definition) is 1. The van der Waals surface area contributed by atoms with Crippen molar-refractivity contribution in [2.45, 2.75) is 38.0 Å². The van der Waals surface area contributed by atoms with Crippen LogP contribution in [0.5, 0.6) is 0 Å². The third-order valence-corrected chi connectivity index (χ3v) is 3.86. The molecular formula is C14H13F3N4O3. The van der Waals surface area contributed by atoms with E-state index in [1.807, 2.05) is 0 Å². The summed E-state index contributed by atoms with van der Waals surface area (Å²) in [6, 6.07) is 1.09. The third-order valence-electron chi connectivity index (χ3n) is 3.86. The molecule has 0 aliphatic carbocycles. The second-order valence-corrected chi connectivity index (χ2v) is 5.52. The minimum absolute atomic E-state index is 0.0731. The number of alkyl halides is 3. The number of carboxylic acid groups (broad SMARTS) is 1. The number of carbonyl (C=O) groups is 1. The van der Waals surface area contributed by atoms with Crippen molar-refractivity contribution in [2.24, 2.45) is 0 Å². The minimum Gasteiger partial charge on any atom is -0.480 e. The number of aromatic nitrogens is 4. The molecule has 128 valence electrons. The number of halogens is 3. The lowest BCUT2D eigenvalue weighted by Gasteiger charge is -2.19. The number of aryl methyl sites for hydroxylation is 1. The standard InChI is InChI=1S/C14H13F3N4O3/c15-14(16,17)10-5-4-8(6-18-10)7-20-13(24)21-9(12(22)23)2-1-3-11(21)19-20/h4-6,9H,1-3,7H2,(H,22,23)/t9-/m1/s1. The van der Waals surface area contributed by atoms with Gasteiger partial charge in [0.25, 0.3) is 0 Å². The molecule has 0 spiro atoms. The average molecular weight is 342 g/mol. The fourth-order valence-electron chi connectivity index (χ4n) is 2.73. The molecule has 0 radical (unpaired) electrons. The van der Waals surface area contributed by atoms with Crippen molar-refractivity contribution in [1.29, 1.82) is 0 Å². The SMILES string of the molecule is O=C(O)[C@H]1CCCc2nn(Cc3ccc(C(F)(F)F)nc3)c(=O)n21. The van der Waals surface area contributed by atoms with Crippen molar-refractivity contribution in [1.82, 2.24) is 19.3 Å². The fourth-order valence-corrected chi connectivity index (χ4v) is 2.73. The molecule has 1 aliphatic heterocycles. The van der Waals surface area contributed by atoms with E-state index in [9.17, 15) is 27.9 Å². The second kappa shape index (κ2) is 5.77. The normalized spacial score (nSPS) is 17.5. The number of pyridine rings is 1. The maximum absolute atomic E-state index is 12.5. The van der Waals surface area contributed by atoms with Crippen LogP contribution in [0.1, 0.15) is 36.0 Å². The fraction of sp³-hybridized carbons (Fsp3) is 0.429. The molecule has 24 heavy (non-hydrogen) atoms. The van der Waals surface area contributed by atoms with Crippen molar-refractivity contribution in [3.05, 3.63) is 45.9 Å². The summed E-state index contributed by atoms with van der Waals surface area (Å²) in [5, 5.41) is 13.3. The molecule has 1 N–H and O–H groups in total. The van der Waals surface area contributed by atoms with Crippen molar-refractivity contribution < 1.29 is 23.1 Å². The van der Waals surface area contributed by atoms with Gasteiger partial charge in [0, 0.05) is 12.6 Å². The van der Waals surface area contributed by atoms with Crippen LogP contribution >= 0.6 is 0 Å². The Kier molecular flexibility index (Phi) is 3.90. The van der Waals surface area contributed by atoms with Crippen LogP contribution < -0.4 is 5.69 Å². The molecular weight excluding hydrogens is 329 g/mol. The van der Waals surface area contributed by atoms with Crippen LogP contribution in [0.2, 0.25) is 0 Å². The molecule has 0 amide bonds. The summed E-state index contributed by atoms with van der Waals surface area (Å²) < 4.78 is 39.7. The van der Waals surface area contributed by atoms with Gasteiger partial charge >= 0.3 is 17.8 Å². The molecule has 0 saturated heterocycles. The van der Waals surface area contributed by atoms with Gasteiger partial charge in [-0.05, 0) is 24.5 Å². The molecule has 7 nitrogen and oxygen atoms in total. The van der Waals surface area contributed by atoms with Crippen molar-refractivity contribution in [2.75, 3.05) is 0 Å². The highest BCUT2D eigenvalue weighted by atomic mass is 19.4. The Morgan fingerprint density at radius 2 is 2.12 bits per heavy atom. The molecule has 3 heterocycles. The van der Waals surface area contributed by atoms with Gasteiger partial charge in [0.05, 0.1) is 6.54 Å². The third kappa shape index (κ3) is 2.91. The number of nitrogens with zero attached hydrogens (tertiary/aromatic N) is 4. The number of carboxylic acids is 1. The molecule has 3 rings (SSSR count). The first-order valence-electron chi connectivity index (χ1n) is 7.20. The highest BCUT2D eigenvalue weighted by Gasteiger charge is 2.32. The molecule has 2 aromatic heterocycles. The summed E-state index contributed by atoms with van der Waals surface area (Å²) in [7, 11) is 0. The van der Waals surface area contributed by atoms with E-state index in [1.165, 1.54) is 6.07 Å². The predicted octanol–water partition coefficient (Wildman–Crippen LogP) is 1.47. The zero-order chi connectivity index (χ0) is 17.5. The zero-order valence-corrected chi connectivity index (χ0v) is 12.3. The highest BCUT2D eigenvalue weighted by molar-refractivity contribution is 5.72. The Morgan fingerprint density at radius 3 is 2.71 bits per heavy atom. The number of fused-ring (bicyclic) bond motifs is 1. The molecule has 0 aromatic carbocycles. The Balaban J connectivity index is 1.89. The van der Waals surface area contributed by atoms with Gasteiger partial charge in [0.1, 0.15) is 17.6 Å². The van der Waals surface area contributed by atoms with Gasteiger partial charge in [-0.2, -0.15) is 18.3 Å². The van der Waals surface area contributed by atoms with Crippen LogP contribution in [0, 0.1) is 0 Å². The van der Waals surface area contributed by atoms with Gasteiger partial charge in [-0.25, -0.2) is 14.3 Å². The quantitative estimate of drug-likeness (QED) is 0.912. The van der Waals surface area contributed by atoms with E-state index < -0.39 is 29.6 Å². The Labute approximate surface area is 133 Å². The van der Waals surface area contributed by atoms with Gasteiger partial charge in [-0.15, -0.1) is 0 Å². The van der Waals surface area contributed by atoms with Crippen molar-refractivity contribution in [3.63, 3.8) is 0 Å². The first-order valence-corrected chi connectivity index (χ1v) is 7.20. The molecule has 0 unspecified atom stereocenters. The first-order chi connectivity index (χ1) is 11.3. The number of aliphatic carboxylic acids is 1. The molecule has 0 fully saturated rings. The van der Waals surface area contributed by atoms with Gasteiger partial charge < -0.3 is 5.11 Å². The number of hydrogen-bond acceptors (Lipinski definition) is 4. The van der Waals surface area contributed by atoms with Gasteiger partial charge in [-0.1, -0.05) is 6.07 Å². The van der Waals surface area contributed by atoms with E-state index in [-0.39, 0.29) is 6.54 Å². The monoisotopic (exact) mass is 342 g/mol. The largest absolute Gasteiger partial charge is 0.480 e. The Hall–Kier alpha value is -2.65. The van der Waals surface area contributed by atoms with Gasteiger partial charge in [-0.3, -0.25) is 9.55 Å². The van der Waals surface area contributed by atoms with Crippen LogP contribution in [0.4, 0.5) is 13.2 Å². The van der Waals surface area contributed by atoms with E-state index in [0.717, 1.165) is 21.5 Å². The highest BCUT2D eigenvalue weighted by Crippen LogP contribution is 2.27. The summed E-state index contributed by atoms with van der Waals surface area (Å²) in [6.07, 6.45) is -2.07. The van der Waals surface area contributed by atoms with Gasteiger partial charge in [0.2, 0.25) is 0 Å². The summed E-state index contributed by atoms with van der Waals surface area (Å²) in [5.74, 6) is -0.729. The predicted molar refractivity (Wildman–Crippen MR) is 74.4 cm³/mol. The van der Waals surface area contributed by atoms with Crippen LogP contribution in [-0.4, -0.2) is 30.4 Å². The smallest absolute Gasteiger partial charge is 0.433 e. The van der Waals surface area contributed by atoms with Crippen LogP contribution in [0.3, 0.4) is 0 Å². The maximum Gasteiger partial charge on any atom is 0.433 e. The zero-order valence-electron chi connectivity index (χ0n) is 12.3. The molecule has 2 aromatic rings. The lowest BCUT2D eigenvalue weighted by Crippen LogP contribution is -2.34. The van der Waals surface area contributed by atoms with Crippen molar-refractivity contribution in [3.8, 4) is 0 Å². The Bertz CT molecular complexity index is 823. The van der Waals surface area contributed by atoms with Crippen LogP contribution in [0.15, 0.2) is 23.1 Å². The maximum atomic E-state index is 12.5. The molecule has 0 saturated carbocycles. The Morgan fingerprint density at radius 1 is 1.38 bits per heavy atom. The average Bonchev–Trinajstić information content (AvgIpc) is 2.83. The van der Waals surface area contributed by atoms with E-state index in [4.69, 9.17) is 0 Å². The van der Waals surface area contributed by atoms with Crippen molar-refractivity contribution >= 4 is 5.97 Å². The summed E-state index contributed by atoms with van der Waals surface area (Å²) >= 11 is 0. The van der Waals surface area contributed by atoms with E-state index >= 15 is 0 Å². The molecule has 1 atom stereocenters. The summed E-state index contributed by atoms with van der Waals surface area (Å²) in [4.78, 5) is 26.9. The van der Waals surface area contributed by atoms with E-state index in [1.54, 1.807) is 0 Å². The summed E-state index contributed by atoms with van der Waals surface area (Å²) in [6.45, 7) is -0.0731. The second-order valence-electron chi connectivity index (χ2n) is 5.52. The molecule has 0 bridgehead atoms. The first kappa shape index (κ1) is 16.2. The lowest BCUT2D eigenvalue weighted by molar-refractivity contribution is -0.142. The minimum atomic E-state index is -4.53. The van der Waals surface area contributed by atoms with E-state index in [0.29, 0.717) is 30.7 Å². The van der Waals surface area contributed by atoms with E-state index in [2.05, 4.69) is 10.1 Å². The summed E-state index contributed by atoms with van der Waals surface area (Å²) in [5.41, 5.74) is -1.24. The molecule has 10 heteroatoms.